The van der Waals surface area contributed by atoms with Crippen LogP contribution in [0.1, 0.15) is 41.6 Å². The summed E-state index contributed by atoms with van der Waals surface area (Å²) in [6.45, 7) is 2.63. The van der Waals surface area contributed by atoms with Crippen LogP contribution in [0, 0.1) is 11.2 Å². The van der Waals surface area contributed by atoms with Gasteiger partial charge in [-0.05, 0) is 60.6 Å². The number of rotatable bonds is 3. The molecule has 5 nitrogen and oxygen atoms in total. The lowest BCUT2D eigenvalue weighted by Crippen LogP contribution is -2.52. The first kappa shape index (κ1) is 18.6. The molecule has 6 heteroatoms. The molecule has 2 amide bonds. The lowest BCUT2D eigenvalue weighted by atomic mass is 9.72. The van der Waals surface area contributed by atoms with Crippen LogP contribution in [0.4, 0.5) is 4.39 Å². The molecule has 2 saturated heterocycles. The Labute approximate surface area is 164 Å². The molecule has 3 heterocycles. The average molecular weight is 381 g/mol. The Morgan fingerprint density at radius 3 is 2.57 bits per heavy atom. The highest BCUT2D eigenvalue weighted by atomic mass is 19.1. The fourth-order valence-electron chi connectivity index (χ4n) is 4.35. The van der Waals surface area contributed by atoms with Crippen LogP contribution < -0.4 is 0 Å². The number of likely N-dealkylation sites (tertiary alicyclic amines) is 2. The molecule has 0 bridgehead atoms. The number of benzene rings is 1. The van der Waals surface area contributed by atoms with Crippen molar-refractivity contribution in [2.45, 2.75) is 32.2 Å². The van der Waals surface area contributed by atoms with Gasteiger partial charge in [0.2, 0.25) is 5.91 Å². The molecule has 1 aromatic carbocycles. The summed E-state index contributed by atoms with van der Waals surface area (Å²) in [5, 5.41) is 0. The Hall–Kier alpha value is -2.76. The second-order valence-electron chi connectivity index (χ2n) is 7.91. The van der Waals surface area contributed by atoms with E-state index in [1.165, 1.54) is 12.1 Å². The maximum Gasteiger partial charge on any atom is 0.253 e. The third-order valence-corrected chi connectivity index (χ3v) is 6.05. The van der Waals surface area contributed by atoms with Gasteiger partial charge in [-0.3, -0.25) is 14.6 Å². The number of hydrogen-bond donors (Lipinski definition) is 0. The molecular weight excluding hydrogens is 357 g/mol. The molecule has 2 aliphatic heterocycles. The van der Waals surface area contributed by atoms with Crippen LogP contribution >= 0.6 is 0 Å². The number of aromatic nitrogens is 1. The van der Waals surface area contributed by atoms with E-state index in [0.29, 0.717) is 31.6 Å². The van der Waals surface area contributed by atoms with Crippen molar-refractivity contribution in [2.75, 3.05) is 19.6 Å². The van der Waals surface area contributed by atoms with Gasteiger partial charge in [0.05, 0.1) is 0 Å². The van der Waals surface area contributed by atoms with Gasteiger partial charge in [0.1, 0.15) is 5.82 Å². The minimum Gasteiger partial charge on any atom is -0.339 e. The van der Waals surface area contributed by atoms with Gasteiger partial charge in [-0.25, -0.2) is 4.39 Å². The normalized spacial score (nSPS) is 19.1. The minimum absolute atomic E-state index is 0.0691. The third-order valence-electron chi connectivity index (χ3n) is 6.05. The van der Waals surface area contributed by atoms with E-state index in [9.17, 15) is 14.0 Å². The van der Waals surface area contributed by atoms with E-state index in [1.54, 1.807) is 24.5 Å². The van der Waals surface area contributed by atoms with Gasteiger partial charge in [-0.2, -0.15) is 0 Å². The highest BCUT2D eigenvalue weighted by Gasteiger charge is 2.41. The zero-order valence-corrected chi connectivity index (χ0v) is 15.8. The monoisotopic (exact) mass is 381 g/mol. The Morgan fingerprint density at radius 2 is 1.86 bits per heavy atom. The summed E-state index contributed by atoms with van der Waals surface area (Å²) in [6, 6.07) is 9.74. The fourth-order valence-corrected chi connectivity index (χ4v) is 4.35. The van der Waals surface area contributed by atoms with Crippen LogP contribution in [0.2, 0.25) is 0 Å². The number of nitrogens with zero attached hydrogens (tertiary/aromatic N) is 3. The van der Waals surface area contributed by atoms with Crippen LogP contribution in [0.5, 0.6) is 0 Å². The molecule has 0 aliphatic carbocycles. The van der Waals surface area contributed by atoms with E-state index in [4.69, 9.17) is 0 Å². The molecule has 0 N–H and O–H groups in total. The quantitative estimate of drug-likeness (QED) is 0.820. The predicted molar refractivity (Wildman–Crippen MR) is 103 cm³/mol. The molecular formula is C22H24FN3O2. The van der Waals surface area contributed by atoms with Gasteiger partial charge in [-0.15, -0.1) is 0 Å². The summed E-state index contributed by atoms with van der Waals surface area (Å²) in [7, 11) is 0. The zero-order valence-electron chi connectivity index (χ0n) is 15.8. The van der Waals surface area contributed by atoms with Gasteiger partial charge in [0.15, 0.2) is 0 Å². The van der Waals surface area contributed by atoms with Crippen molar-refractivity contribution in [3.05, 3.63) is 65.7 Å². The van der Waals surface area contributed by atoms with E-state index in [2.05, 4.69) is 4.98 Å². The van der Waals surface area contributed by atoms with Gasteiger partial charge >= 0.3 is 0 Å². The third kappa shape index (κ3) is 3.91. The average Bonchev–Trinajstić information content (AvgIpc) is 2.72. The standard InChI is InChI=1S/C22H24FN3O2/c23-19-3-1-2-18(14-19)21(28)25-12-8-22(9-13-25)7-4-20(27)26(16-22)15-17-5-10-24-11-6-17/h1-3,5-6,10-11,14H,4,7-9,12-13,15-16H2. The van der Waals surface area contributed by atoms with Crippen molar-refractivity contribution in [3.8, 4) is 0 Å². The lowest BCUT2D eigenvalue weighted by molar-refractivity contribution is -0.139. The molecule has 4 rings (SSSR count). The Bertz CT molecular complexity index is 863. The number of carbonyl (C=O) groups is 2. The molecule has 1 aromatic heterocycles. The molecule has 2 aliphatic rings. The number of hydrogen-bond acceptors (Lipinski definition) is 3. The summed E-state index contributed by atoms with van der Waals surface area (Å²) < 4.78 is 13.4. The Morgan fingerprint density at radius 1 is 1.11 bits per heavy atom. The summed E-state index contributed by atoms with van der Waals surface area (Å²) in [5.41, 5.74) is 1.55. The highest BCUT2D eigenvalue weighted by Crippen LogP contribution is 2.40. The molecule has 0 saturated carbocycles. The number of piperidine rings is 2. The molecule has 1 spiro atoms. The van der Waals surface area contributed by atoms with Crippen LogP contribution in [0.3, 0.4) is 0 Å². The molecule has 146 valence electrons. The first-order valence-corrected chi connectivity index (χ1v) is 9.76. The van der Waals surface area contributed by atoms with Gasteiger partial charge < -0.3 is 9.80 Å². The van der Waals surface area contributed by atoms with Crippen LogP contribution in [0.15, 0.2) is 48.8 Å². The first-order valence-electron chi connectivity index (χ1n) is 9.76. The van der Waals surface area contributed by atoms with Crippen LogP contribution in [-0.2, 0) is 11.3 Å². The summed E-state index contributed by atoms with van der Waals surface area (Å²) in [5.74, 6) is -0.313. The Kier molecular flexibility index (Phi) is 5.11. The summed E-state index contributed by atoms with van der Waals surface area (Å²) >= 11 is 0. The second kappa shape index (κ2) is 7.70. The van der Waals surface area contributed by atoms with Crippen LogP contribution in [-0.4, -0.2) is 46.2 Å². The topological polar surface area (TPSA) is 53.5 Å². The maximum atomic E-state index is 13.4. The molecule has 0 radical (unpaired) electrons. The van der Waals surface area contributed by atoms with Crippen LogP contribution in [0.25, 0.3) is 0 Å². The van der Waals surface area contributed by atoms with Crippen molar-refractivity contribution < 1.29 is 14.0 Å². The van der Waals surface area contributed by atoms with E-state index in [1.807, 2.05) is 21.9 Å². The molecule has 0 atom stereocenters. The second-order valence-corrected chi connectivity index (χ2v) is 7.91. The fraction of sp³-hybridized carbons (Fsp3) is 0.409. The van der Waals surface area contributed by atoms with Crippen molar-refractivity contribution in [2.24, 2.45) is 5.41 Å². The lowest BCUT2D eigenvalue weighted by Gasteiger charge is -2.47. The molecule has 2 fully saturated rings. The minimum atomic E-state index is -0.392. The largest absolute Gasteiger partial charge is 0.339 e. The van der Waals surface area contributed by atoms with Gasteiger partial charge in [0.25, 0.3) is 5.91 Å². The Balaban J connectivity index is 1.40. The van der Waals surface area contributed by atoms with E-state index >= 15 is 0 Å². The zero-order chi connectivity index (χ0) is 19.6. The first-order chi connectivity index (χ1) is 13.5. The van der Waals surface area contributed by atoms with E-state index in [0.717, 1.165) is 31.4 Å². The summed E-state index contributed by atoms with van der Waals surface area (Å²) in [4.78, 5) is 32.9. The maximum absolute atomic E-state index is 13.4. The molecule has 28 heavy (non-hydrogen) atoms. The number of halogens is 1. The van der Waals surface area contributed by atoms with Gasteiger partial charge in [0, 0.05) is 50.6 Å². The van der Waals surface area contributed by atoms with Crippen molar-refractivity contribution in [1.29, 1.82) is 0 Å². The number of amides is 2. The molecule has 0 unspecified atom stereocenters. The predicted octanol–water partition coefficient (Wildman–Crippen LogP) is 3.27. The van der Waals surface area contributed by atoms with E-state index in [-0.39, 0.29) is 17.2 Å². The van der Waals surface area contributed by atoms with Crippen molar-refractivity contribution in [1.82, 2.24) is 14.8 Å². The smallest absolute Gasteiger partial charge is 0.253 e. The van der Waals surface area contributed by atoms with Crippen molar-refractivity contribution in [3.63, 3.8) is 0 Å². The SMILES string of the molecule is O=C1CCC2(CCN(C(=O)c3cccc(F)c3)CC2)CN1Cc1ccncc1. The highest BCUT2D eigenvalue weighted by molar-refractivity contribution is 5.94. The van der Waals surface area contributed by atoms with E-state index < -0.39 is 5.82 Å². The van der Waals surface area contributed by atoms with Gasteiger partial charge in [-0.1, -0.05) is 6.07 Å². The van der Waals surface area contributed by atoms with Crippen molar-refractivity contribution >= 4 is 11.8 Å². The summed E-state index contributed by atoms with van der Waals surface area (Å²) in [6.07, 6.45) is 6.66. The number of pyridine rings is 1. The molecule has 2 aromatic rings. The number of carbonyl (C=O) groups excluding carboxylic acids is 2.